The second kappa shape index (κ2) is 4.40. The fourth-order valence-electron chi connectivity index (χ4n) is 2.38. The molecule has 2 heterocycles. The van der Waals surface area contributed by atoms with E-state index in [-0.39, 0.29) is 11.8 Å². The van der Waals surface area contributed by atoms with E-state index in [0.29, 0.717) is 18.7 Å². The van der Waals surface area contributed by atoms with E-state index in [1.165, 1.54) is 0 Å². The molecule has 0 aliphatic carbocycles. The van der Waals surface area contributed by atoms with E-state index in [0.717, 1.165) is 16.5 Å². The maximum absolute atomic E-state index is 11.4. The Hall–Kier alpha value is -1.33. The van der Waals surface area contributed by atoms with Crippen LogP contribution in [0.1, 0.15) is 12.0 Å². The van der Waals surface area contributed by atoms with E-state index >= 15 is 0 Å². The van der Waals surface area contributed by atoms with Crippen molar-refractivity contribution in [1.82, 2.24) is 5.32 Å². The molecule has 5 heteroatoms. The topological polar surface area (TPSA) is 59.3 Å². The molecule has 1 aliphatic heterocycles. The smallest absolute Gasteiger partial charge is 0.151 e. The molecule has 3 rings (SSSR count). The van der Waals surface area contributed by atoms with Gasteiger partial charge in [0.05, 0.1) is 17.8 Å². The predicted octanol–water partition coefficient (Wildman–Crippen LogP) is 1.71. The summed E-state index contributed by atoms with van der Waals surface area (Å²) in [5.41, 5.74) is 1.95. The fraction of sp³-hybridized carbons (Fsp3) is 0.385. The van der Waals surface area contributed by atoms with E-state index < -0.39 is 9.84 Å². The third kappa shape index (κ3) is 2.28. The Kier molecular flexibility index (Phi) is 2.87. The summed E-state index contributed by atoms with van der Waals surface area (Å²) in [7, 11) is -2.81. The van der Waals surface area contributed by atoms with Crippen LogP contribution < -0.4 is 5.32 Å². The predicted molar refractivity (Wildman–Crippen MR) is 70.1 cm³/mol. The number of benzene rings is 1. The third-order valence-corrected chi connectivity index (χ3v) is 5.14. The van der Waals surface area contributed by atoms with Crippen LogP contribution in [0.25, 0.3) is 11.0 Å². The Bertz CT molecular complexity index is 660. The third-order valence-electron chi connectivity index (χ3n) is 3.37. The van der Waals surface area contributed by atoms with Crippen molar-refractivity contribution in [2.24, 2.45) is 0 Å². The van der Waals surface area contributed by atoms with Crippen molar-refractivity contribution in [2.75, 3.05) is 11.5 Å². The van der Waals surface area contributed by atoms with Crippen molar-refractivity contribution in [1.29, 1.82) is 0 Å². The number of sulfone groups is 1. The quantitative estimate of drug-likeness (QED) is 0.918. The highest BCUT2D eigenvalue weighted by Gasteiger charge is 2.27. The van der Waals surface area contributed by atoms with Crippen LogP contribution in [0.3, 0.4) is 0 Å². The molecule has 1 fully saturated rings. The first-order valence-corrected chi connectivity index (χ1v) is 7.85. The molecule has 0 bridgehead atoms. The van der Waals surface area contributed by atoms with E-state index in [9.17, 15) is 8.42 Å². The summed E-state index contributed by atoms with van der Waals surface area (Å²) in [6.45, 7) is 0.650. The molecular formula is C13H15NO3S. The summed E-state index contributed by atoms with van der Waals surface area (Å²) in [6.07, 6.45) is 2.44. The van der Waals surface area contributed by atoms with Crippen LogP contribution in [0.15, 0.2) is 34.9 Å². The normalized spacial score (nSPS) is 22.6. The molecule has 0 saturated carbocycles. The van der Waals surface area contributed by atoms with Crippen molar-refractivity contribution in [3.05, 3.63) is 36.1 Å². The average molecular weight is 265 g/mol. The Morgan fingerprint density at radius 1 is 1.33 bits per heavy atom. The number of nitrogens with one attached hydrogen (secondary N) is 1. The van der Waals surface area contributed by atoms with Crippen molar-refractivity contribution in [3.8, 4) is 0 Å². The highest BCUT2D eigenvalue weighted by Crippen LogP contribution is 2.21. The van der Waals surface area contributed by atoms with Gasteiger partial charge in [0.15, 0.2) is 9.84 Å². The first-order valence-electron chi connectivity index (χ1n) is 6.03. The zero-order valence-electron chi connectivity index (χ0n) is 9.93. The molecule has 96 valence electrons. The molecule has 0 amide bonds. The molecule has 1 aromatic carbocycles. The van der Waals surface area contributed by atoms with Gasteiger partial charge in [-0.3, -0.25) is 0 Å². The summed E-state index contributed by atoms with van der Waals surface area (Å²) in [5, 5.41) is 4.38. The fourth-order valence-corrected chi connectivity index (χ4v) is 4.09. The van der Waals surface area contributed by atoms with Crippen LogP contribution in [0.4, 0.5) is 0 Å². The molecule has 2 aromatic rings. The lowest BCUT2D eigenvalue weighted by atomic mass is 10.1. The molecule has 0 radical (unpaired) electrons. The first kappa shape index (κ1) is 11.7. The van der Waals surface area contributed by atoms with Crippen molar-refractivity contribution < 1.29 is 12.8 Å². The average Bonchev–Trinajstić information content (AvgIpc) is 2.90. The Balaban J connectivity index is 1.71. The molecule has 1 aromatic heterocycles. The minimum Gasteiger partial charge on any atom is -0.464 e. The molecular weight excluding hydrogens is 250 g/mol. The molecule has 1 unspecified atom stereocenters. The largest absolute Gasteiger partial charge is 0.464 e. The molecule has 4 nitrogen and oxygen atoms in total. The second-order valence-corrected chi connectivity index (χ2v) is 6.97. The minimum absolute atomic E-state index is 0.0728. The number of furan rings is 1. The Morgan fingerprint density at radius 2 is 2.17 bits per heavy atom. The van der Waals surface area contributed by atoms with E-state index in [2.05, 4.69) is 5.32 Å². The van der Waals surface area contributed by atoms with Gasteiger partial charge in [0, 0.05) is 23.5 Å². The van der Waals surface area contributed by atoms with Crippen LogP contribution in [-0.2, 0) is 16.4 Å². The zero-order valence-corrected chi connectivity index (χ0v) is 10.7. The second-order valence-electron chi connectivity index (χ2n) is 4.74. The minimum atomic E-state index is -2.81. The number of hydrogen-bond acceptors (Lipinski definition) is 4. The standard InChI is InChI=1S/C13H15NO3S/c15-18(16)6-5-11(9-18)14-7-10-8-17-13-4-2-1-3-12(10)13/h1-4,8,11,14H,5-7,9H2. The monoisotopic (exact) mass is 265 g/mol. The summed E-state index contributed by atoms with van der Waals surface area (Å²) in [4.78, 5) is 0. The highest BCUT2D eigenvalue weighted by atomic mass is 32.2. The molecule has 0 spiro atoms. The van der Waals surface area contributed by atoms with Crippen LogP contribution in [0.5, 0.6) is 0 Å². The Labute approximate surface area is 106 Å². The summed E-state index contributed by atoms with van der Waals surface area (Å²) >= 11 is 0. The maximum atomic E-state index is 11.4. The van der Waals surface area contributed by atoms with Gasteiger partial charge in [-0.1, -0.05) is 18.2 Å². The van der Waals surface area contributed by atoms with Gasteiger partial charge in [-0.05, 0) is 12.5 Å². The van der Waals surface area contributed by atoms with E-state index in [4.69, 9.17) is 4.42 Å². The van der Waals surface area contributed by atoms with Gasteiger partial charge in [-0.15, -0.1) is 0 Å². The van der Waals surface area contributed by atoms with Gasteiger partial charge >= 0.3 is 0 Å². The lowest BCUT2D eigenvalue weighted by molar-refractivity contribution is 0.547. The molecule has 1 N–H and O–H groups in total. The van der Waals surface area contributed by atoms with Crippen LogP contribution in [-0.4, -0.2) is 26.0 Å². The van der Waals surface area contributed by atoms with E-state index in [1.807, 2.05) is 24.3 Å². The number of para-hydroxylation sites is 1. The number of rotatable bonds is 3. The summed E-state index contributed by atoms with van der Waals surface area (Å²) in [6, 6.07) is 7.93. The van der Waals surface area contributed by atoms with Crippen molar-refractivity contribution >= 4 is 20.8 Å². The van der Waals surface area contributed by atoms with Crippen LogP contribution >= 0.6 is 0 Å². The number of hydrogen-bond donors (Lipinski definition) is 1. The molecule has 18 heavy (non-hydrogen) atoms. The maximum Gasteiger partial charge on any atom is 0.151 e. The van der Waals surface area contributed by atoms with E-state index in [1.54, 1.807) is 6.26 Å². The summed E-state index contributed by atoms with van der Waals surface area (Å²) in [5.74, 6) is 0.555. The molecule has 1 aliphatic rings. The van der Waals surface area contributed by atoms with Gasteiger partial charge in [0.2, 0.25) is 0 Å². The molecule has 1 saturated heterocycles. The first-order chi connectivity index (χ1) is 8.64. The van der Waals surface area contributed by atoms with Gasteiger partial charge in [0.1, 0.15) is 5.58 Å². The summed E-state index contributed by atoms with van der Waals surface area (Å²) < 4.78 is 28.2. The van der Waals surface area contributed by atoms with Crippen molar-refractivity contribution in [2.45, 2.75) is 19.0 Å². The molecule has 1 atom stereocenters. The van der Waals surface area contributed by atoms with Gasteiger partial charge in [-0.25, -0.2) is 8.42 Å². The SMILES string of the molecule is O=S1(=O)CCC(NCc2coc3ccccc23)C1. The van der Waals surface area contributed by atoms with Crippen LogP contribution in [0.2, 0.25) is 0 Å². The lowest BCUT2D eigenvalue weighted by Crippen LogP contribution is -2.29. The Morgan fingerprint density at radius 3 is 2.94 bits per heavy atom. The highest BCUT2D eigenvalue weighted by molar-refractivity contribution is 7.91. The zero-order chi connectivity index (χ0) is 12.6. The van der Waals surface area contributed by atoms with Gasteiger partial charge < -0.3 is 9.73 Å². The van der Waals surface area contributed by atoms with Gasteiger partial charge in [-0.2, -0.15) is 0 Å². The number of fused-ring (bicyclic) bond motifs is 1. The van der Waals surface area contributed by atoms with Crippen LogP contribution in [0, 0.1) is 0 Å². The lowest BCUT2D eigenvalue weighted by Gasteiger charge is -2.09. The van der Waals surface area contributed by atoms with Gasteiger partial charge in [0.25, 0.3) is 0 Å². The van der Waals surface area contributed by atoms with Crippen molar-refractivity contribution in [3.63, 3.8) is 0 Å².